The zero-order chi connectivity index (χ0) is 11.5. The highest BCUT2D eigenvalue weighted by atomic mass is 16.5. The summed E-state index contributed by atoms with van der Waals surface area (Å²) in [6.07, 6.45) is 4.35. The standard InChI is InChI=1S/C13H26O2/c1-10-5-6-11(2)13(14,9-10)12(3)7-8-15-4/h10-12,14H,5-9H2,1-4H3. The molecule has 0 aromatic carbocycles. The van der Waals surface area contributed by atoms with Crippen LogP contribution in [-0.2, 0) is 4.74 Å². The fourth-order valence-electron chi connectivity index (χ4n) is 2.88. The van der Waals surface area contributed by atoms with E-state index in [2.05, 4.69) is 20.8 Å². The summed E-state index contributed by atoms with van der Waals surface area (Å²) in [5, 5.41) is 10.7. The third-order valence-electron chi connectivity index (χ3n) is 4.23. The second kappa shape index (κ2) is 5.31. The molecule has 4 atom stereocenters. The number of methoxy groups -OCH3 is 1. The Balaban J connectivity index is 2.60. The first-order valence-electron chi connectivity index (χ1n) is 6.22. The van der Waals surface area contributed by atoms with E-state index in [1.54, 1.807) is 7.11 Å². The molecule has 1 N–H and O–H groups in total. The Morgan fingerprint density at radius 3 is 2.67 bits per heavy atom. The Labute approximate surface area is 94.0 Å². The van der Waals surface area contributed by atoms with E-state index in [1.807, 2.05) is 0 Å². The Bertz CT molecular complexity index is 193. The van der Waals surface area contributed by atoms with Gasteiger partial charge in [-0.15, -0.1) is 0 Å². The molecule has 2 nitrogen and oxygen atoms in total. The normalized spacial score (nSPS) is 39.0. The fourth-order valence-corrected chi connectivity index (χ4v) is 2.88. The summed E-state index contributed by atoms with van der Waals surface area (Å²) in [6.45, 7) is 7.35. The molecule has 2 heteroatoms. The Morgan fingerprint density at radius 1 is 1.40 bits per heavy atom. The first kappa shape index (κ1) is 13.0. The molecule has 0 aromatic heterocycles. The average molecular weight is 214 g/mol. The second-order valence-corrected chi connectivity index (χ2v) is 5.46. The van der Waals surface area contributed by atoms with E-state index < -0.39 is 5.60 Å². The molecule has 1 rings (SSSR count). The van der Waals surface area contributed by atoms with Crippen molar-refractivity contribution in [1.82, 2.24) is 0 Å². The van der Waals surface area contributed by atoms with Gasteiger partial charge in [-0.25, -0.2) is 0 Å². The lowest BCUT2D eigenvalue weighted by Gasteiger charge is -2.45. The number of hydrogen-bond donors (Lipinski definition) is 1. The molecule has 1 aliphatic rings. The van der Waals surface area contributed by atoms with Gasteiger partial charge in [-0.05, 0) is 37.0 Å². The Morgan fingerprint density at radius 2 is 2.07 bits per heavy atom. The van der Waals surface area contributed by atoms with Crippen molar-refractivity contribution in [1.29, 1.82) is 0 Å². The van der Waals surface area contributed by atoms with Crippen LogP contribution in [0.4, 0.5) is 0 Å². The Kier molecular flexibility index (Phi) is 4.60. The van der Waals surface area contributed by atoms with Crippen molar-refractivity contribution in [2.45, 2.75) is 52.1 Å². The zero-order valence-corrected chi connectivity index (χ0v) is 10.6. The van der Waals surface area contributed by atoms with Crippen molar-refractivity contribution >= 4 is 0 Å². The van der Waals surface area contributed by atoms with Crippen LogP contribution in [0.25, 0.3) is 0 Å². The molecule has 0 radical (unpaired) electrons. The summed E-state index contributed by atoms with van der Waals surface area (Å²) in [6, 6.07) is 0. The van der Waals surface area contributed by atoms with Crippen molar-refractivity contribution in [2.24, 2.45) is 17.8 Å². The number of hydrogen-bond acceptors (Lipinski definition) is 2. The smallest absolute Gasteiger partial charge is 0.0701 e. The zero-order valence-electron chi connectivity index (χ0n) is 10.6. The van der Waals surface area contributed by atoms with Gasteiger partial charge in [0.25, 0.3) is 0 Å². The van der Waals surface area contributed by atoms with Gasteiger partial charge in [-0.2, -0.15) is 0 Å². The highest BCUT2D eigenvalue weighted by Crippen LogP contribution is 2.42. The molecule has 0 aliphatic heterocycles. The minimum absolute atomic E-state index is 0.343. The first-order valence-corrected chi connectivity index (χ1v) is 6.22. The van der Waals surface area contributed by atoms with Crippen LogP contribution < -0.4 is 0 Å². The van der Waals surface area contributed by atoms with Crippen molar-refractivity contribution in [2.75, 3.05) is 13.7 Å². The summed E-state index contributed by atoms with van der Waals surface area (Å²) in [5.74, 6) is 1.44. The molecule has 15 heavy (non-hydrogen) atoms. The Hall–Kier alpha value is -0.0800. The summed E-state index contributed by atoms with van der Waals surface area (Å²) < 4.78 is 5.10. The minimum atomic E-state index is -0.462. The van der Waals surface area contributed by atoms with Crippen LogP contribution in [0.3, 0.4) is 0 Å². The third kappa shape index (κ3) is 2.94. The van der Waals surface area contributed by atoms with E-state index >= 15 is 0 Å². The minimum Gasteiger partial charge on any atom is -0.389 e. The maximum absolute atomic E-state index is 10.7. The van der Waals surface area contributed by atoms with Gasteiger partial charge in [0.2, 0.25) is 0 Å². The molecule has 0 amide bonds. The van der Waals surface area contributed by atoms with E-state index in [4.69, 9.17) is 4.74 Å². The lowest BCUT2D eigenvalue weighted by atomic mass is 9.66. The number of rotatable bonds is 4. The molecule has 1 saturated carbocycles. The van der Waals surface area contributed by atoms with Crippen LogP contribution in [0, 0.1) is 17.8 Å². The summed E-state index contributed by atoms with van der Waals surface area (Å²) in [7, 11) is 1.73. The van der Waals surface area contributed by atoms with Crippen LogP contribution in [0.5, 0.6) is 0 Å². The lowest BCUT2D eigenvalue weighted by Crippen LogP contribution is -2.47. The van der Waals surface area contributed by atoms with Gasteiger partial charge in [-0.3, -0.25) is 0 Å². The highest BCUT2D eigenvalue weighted by Gasteiger charge is 2.42. The first-order chi connectivity index (χ1) is 7.00. The molecule has 1 fully saturated rings. The quantitative estimate of drug-likeness (QED) is 0.779. The predicted octanol–water partition coefficient (Wildman–Crippen LogP) is 2.85. The lowest BCUT2D eigenvalue weighted by molar-refractivity contribution is -0.102. The molecular weight excluding hydrogens is 188 g/mol. The van der Waals surface area contributed by atoms with Gasteiger partial charge in [0.15, 0.2) is 0 Å². The maximum atomic E-state index is 10.7. The monoisotopic (exact) mass is 214 g/mol. The van der Waals surface area contributed by atoms with Gasteiger partial charge in [0.05, 0.1) is 5.60 Å². The van der Waals surface area contributed by atoms with Crippen LogP contribution in [0.15, 0.2) is 0 Å². The van der Waals surface area contributed by atoms with E-state index in [1.165, 1.54) is 6.42 Å². The fraction of sp³-hybridized carbons (Fsp3) is 1.00. The molecule has 0 spiro atoms. The third-order valence-corrected chi connectivity index (χ3v) is 4.23. The molecular formula is C13H26O2. The van der Waals surface area contributed by atoms with E-state index in [0.29, 0.717) is 17.8 Å². The van der Waals surface area contributed by atoms with E-state index in [0.717, 1.165) is 25.9 Å². The van der Waals surface area contributed by atoms with E-state index in [9.17, 15) is 5.11 Å². The number of aliphatic hydroxyl groups is 1. The summed E-state index contributed by atoms with van der Waals surface area (Å²) in [4.78, 5) is 0. The topological polar surface area (TPSA) is 29.5 Å². The van der Waals surface area contributed by atoms with Crippen LogP contribution in [-0.4, -0.2) is 24.4 Å². The van der Waals surface area contributed by atoms with Gasteiger partial charge in [0, 0.05) is 13.7 Å². The molecule has 1 aliphatic carbocycles. The maximum Gasteiger partial charge on any atom is 0.0701 e. The average Bonchev–Trinajstić information content (AvgIpc) is 2.20. The van der Waals surface area contributed by atoms with Crippen molar-refractivity contribution in [3.8, 4) is 0 Å². The van der Waals surface area contributed by atoms with Gasteiger partial charge < -0.3 is 9.84 Å². The van der Waals surface area contributed by atoms with Crippen molar-refractivity contribution < 1.29 is 9.84 Å². The molecule has 4 unspecified atom stereocenters. The number of ether oxygens (including phenoxy) is 1. The molecule has 90 valence electrons. The van der Waals surface area contributed by atoms with Crippen LogP contribution in [0.1, 0.15) is 46.5 Å². The highest BCUT2D eigenvalue weighted by molar-refractivity contribution is 4.93. The van der Waals surface area contributed by atoms with Crippen molar-refractivity contribution in [3.05, 3.63) is 0 Å². The van der Waals surface area contributed by atoms with Crippen LogP contribution >= 0.6 is 0 Å². The molecule has 0 aromatic rings. The van der Waals surface area contributed by atoms with E-state index in [-0.39, 0.29) is 0 Å². The van der Waals surface area contributed by atoms with Crippen molar-refractivity contribution in [3.63, 3.8) is 0 Å². The van der Waals surface area contributed by atoms with Crippen LogP contribution in [0.2, 0.25) is 0 Å². The SMILES string of the molecule is COCCC(C)C1(O)CC(C)CCC1C. The summed E-state index contributed by atoms with van der Waals surface area (Å²) >= 11 is 0. The molecule has 0 heterocycles. The molecule has 0 saturated heterocycles. The largest absolute Gasteiger partial charge is 0.389 e. The molecule has 0 bridgehead atoms. The van der Waals surface area contributed by atoms with Gasteiger partial charge >= 0.3 is 0 Å². The van der Waals surface area contributed by atoms with Gasteiger partial charge in [0.1, 0.15) is 0 Å². The predicted molar refractivity (Wildman–Crippen MR) is 62.8 cm³/mol. The summed E-state index contributed by atoms with van der Waals surface area (Å²) in [5.41, 5.74) is -0.462. The van der Waals surface area contributed by atoms with Gasteiger partial charge in [-0.1, -0.05) is 27.2 Å². The second-order valence-electron chi connectivity index (χ2n) is 5.46.